The normalized spacial score (nSPS) is 18.0. The Labute approximate surface area is 233 Å². The summed E-state index contributed by atoms with van der Waals surface area (Å²) in [6, 6.07) is 12.4. The van der Waals surface area contributed by atoms with Crippen molar-refractivity contribution in [3.8, 4) is 22.8 Å². The van der Waals surface area contributed by atoms with Crippen LogP contribution in [-0.2, 0) is 21.1 Å². The third-order valence-corrected chi connectivity index (χ3v) is 9.62. The highest BCUT2D eigenvalue weighted by Gasteiger charge is 2.30. The average molecular weight is 568 g/mol. The number of rotatable bonds is 10. The summed E-state index contributed by atoms with van der Waals surface area (Å²) < 4.78 is 35.0. The Morgan fingerprint density at radius 2 is 1.92 bits per heavy atom. The first-order valence-electron chi connectivity index (χ1n) is 13.1. The summed E-state index contributed by atoms with van der Waals surface area (Å²) in [6.07, 6.45) is 5.28. The molecule has 7 nitrogen and oxygen atoms in total. The van der Waals surface area contributed by atoms with Gasteiger partial charge in [0.25, 0.3) is 0 Å². The Morgan fingerprint density at radius 3 is 2.64 bits per heavy atom. The van der Waals surface area contributed by atoms with E-state index in [1.807, 2.05) is 18.2 Å². The van der Waals surface area contributed by atoms with E-state index < -0.39 is 15.8 Å². The van der Waals surface area contributed by atoms with Gasteiger partial charge >= 0.3 is 5.97 Å². The van der Waals surface area contributed by atoms with Gasteiger partial charge in [-0.2, -0.15) is 0 Å². The Hall–Kier alpha value is -3.04. The predicted molar refractivity (Wildman–Crippen MR) is 153 cm³/mol. The molecule has 2 heterocycles. The van der Waals surface area contributed by atoms with Gasteiger partial charge in [0.05, 0.1) is 18.8 Å². The van der Waals surface area contributed by atoms with E-state index in [2.05, 4.69) is 37.0 Å². The molecule has 2 atom stereocenters. The van der Waals surface area contributed by atoms with Crippen LogP contribution >= 0.6 is 11.8 Å². The van der Waals surface area contributed by atoms with Crippen molar-refractivity contribution in [2.75, 3.05) is 24.4 Å². The highest BCUT2D eigenvalue weighted by atomic mass is 32.2. The lowest BCUT2D eigenvalue weighted by Gasteiger charge is -2.18. The maximum Gasteiger partial charge on any atom is 0.303 e. The molecular weight excluding hydrogens is 534 g/mol. The van der Waals surface area contributed by atoms with Crippen LogP contribution in [0.1, 0.15) is 59.1 Å². The van der Waals surface area contributed by atoms with Crippen LogP contribution in [0.2, 0.25) is 0 Å². The minimum absolute atomic E-state index is 0.00503. The van der Waals surface area contributed by atoms with Gasteiger partial charge in [-0.05, 0) is 84.2 Å². The zero-order valence-electron chi connectivity index (χ0n) is 22.4. The molecule has 2 aliphatic rings. The molecule has 0 spiro atoms. The summed E-state index contributed by atoms with van der Waals surface area (Å²) in [4.78, 5) is 16.8. The lowest BCUT2D eigenvalue weighted by molar-refractivity contribution is -0.137. The quantitative estimate of drug-likeness (QED) is 0.302. The molecule has 0 saturated heterocycles. The molecule has 39 heavy (non-hydrogen) atoms. The highest BCUT2D eigenvalue weighted by Crippen LogP contribution is 2.45. The molecule has 2 aromatic carbocycles. The number of aromatic nitrogens is 1. The number of aryl methyl sites for hydroxylation is 2. The van der Waals surface area contributed by atoms with Crippen molar-refractivity contribution in [1.82, 2.24) is 4.98 Å². The van der Waals surface area contributed by atoms with Crippen LogP contribution in [0.15, 0.2) is 47.5 Å². The summed E-state index contributed by atoms with van der Waals surface area (Å²) in [6.45, 7) is 4.52. The van der Waals surface area contributed by atoms with E-state index in [1.165, 1.54) is 28.5 Å². The second-order valence-electron chi connectivity index (χ2n) is 10.4. The minimum atomic E-state index is -2.99. The van der Waals surface area contributed by atoms with Gasteiger partial charge in [0.2, 0.25) is 5.88 Å². The predicted octanol–water partition coefficient (Wildman–Crippen LogP) is 5.91. The van der Waals surface area contributed by atoms with Gasteiger partial charge < -0.3 is 14.6 Å². The number of sulfone groups is 1. The lowest BCUT2D eigenvalue weighted by atomic mass is 9.90. The van der Waals surface area contributed by atoms with Crippen molar-refractivity contribution in [3.05, 3.63) is 70.4 Å². The lowest BCUT2D eigenvalue weighted by Crippen LogP contribution is -2.08. The Kier molecular flexibility index (Phi) is 7.91. The molecule has 0 radical (unpaired) electrons. The maximum atomic E-state index is 11.4. The van der Waals surface area contributed by atoms with E-state index in [-0.39, 0.29) is 24.2 Å². The first kappa shape index (κ1) is 27.5. The van der Waals surface area contributed by atoms with Crippen molar-refractivity contribution < 1.29 is 27.8 Å². The molecule has 1 aromatic heterocycles. The van der Waals surface area contributed by atoms with Crippen molar-refractivity contribution in [1.29, 1.82) is 0 Å². The van der Waals surface area contributed by atoms with Crippen LogP contribution in [-0.4, -0.2) is 48.8 Å². The maximum absolute atomic E-state index is 11.4. The number of carboxylic acid groups (broad SMARTS) is 1. The van der Waals surface area contributed by atoms with Crippen LogP contribution in [0.4, 0.5) is 0 Å². The van der Waals surface area contributed by atoms with Crippen molar-refractivity contribution in [3.63, 3.8) is 0 Å². The smallest absolute Gasteiger partial charge is 0.303 e. The number of ether oxygens (including phenoxy) is 2. The number of benzene rings is 2. The van der Waals surface area contributed by atoms with Crippen LogP contribution in [0.25, 0.3) is 11.1 Å². The third kappa shape index (κ3) is 6.25. The van der Waals surface area contributed by atoms with Gasteiger partial charge in [-0.25, -0.2) is 13.4 Å². The monoisotopic (exact) mass is 567 g/mol. The fourth-order valence-electron chi connectivity index (χ4n) is 5.65. The highest BCUT2D eigenvalue weighted by molar-refractivity contribution is 7.99. The standard InChI is InChI=1S/C30H33NO6S2/c1-18-12-21(36-10-5-11-39(3,34)35)13-19(2)30(18)24-7-4-6-23-22(24)8-9-26(23)37-28-15-27-25(16-31-28)20(17-38-27)14-29(32)33/h4,6-7,12-13,15-16,20,26H,5,8-11,14,17H2,1-3H3,(H,32,33)/t20-,26?/m1/s1. The Balaban J connectivity index is 1.33. The summed E-state index contributed by atoms with van der Waals surface area (Å²) in [5.41, 5.74) is 8.06. The number of nitrogens with zero attached hydrogens (tertiary/aromatic N) is 1. The van der Waals surface area contributed by atoms with E-state index >= 15 is 0 Å². The van der Waals surface area contributed by atoms with Gasteiger partial charge in [-0.1, -0.05) is 18.2 Å². The van der Waals surface area contributed by atoms with Crippen LogP contribution in [0, 0.1) is 13.8 Å². The van der Waals surface area contributed by atoms with E-state index in [9.17, 15) is 18.3 Å². The average Bonchev–Trinajstić information content (AvgIpc) is 3.45. The number of thioether (sulfide) groups is 1. The number of fused-ring (bicyclic) bond motifs is 2. The summed E-state index contributed by atoms with van der Waals surface area (Å²) in [5.74, 6) is 1.41. The molecule has 1 aliphatic heterocycles. The number of aliphatic carboxylic acids is 1. The number of hydrogen-bond acceptors (Lipinski definition) is 7. The number of carbonyl (C=O) groups is 1. The zero-order chi connectivity index (χ0) is 27.7. The van der Waals surface area contributed by atoms with Crippen molar-refractivity contribution in [2.24, 2.45) is 0 Å². The van der Waals surface area contributed by atoms with Gasteiger partial charge in [-0.3, -0.25) is 4.79 Å². The minimum Gasteiger partial charge on any atom is -0.494 e. The molecule has 0 fully saturated rings. The first-order chi connectivity index (χ1) is 18.6. The molecule has 9 heteroatoms. The van der Waals surface area contributed by atoms with E-state index in [1.54, 1.807) is 18.0 Å². The van der Waals surface area contributed by atoms with Gasteiger partial charge in [0, 0.05) is 35.1 Å². The molecule has 1 N–H and O–H groups in total. The first-order valence-corrected chi connectivity index (χ1v) is 16.2. The molecule has 5 rings (SSSR count). The van der Waals surface area contributed by atoms with E-state index in [4.69, 9.17) is 9.47 Å². The van der Waals surface area contributed by atoms with Crippen molar-refractivity contribution in [2.45, 2.75) is 56.4 Å². The summed E-state index contributed by atoms with van der Waals surface area (Å²) in [7, 11) is -2.99. The fourth-order valence-corrected chi connectivity index (χ4v) is 7.54. The number of carboxylic acids is 1. The molecule has 206 valence electrons. The molecule has 3 aromatic rings. The Morgan fingerprint density at radius 1 is 1.15 bits per heavy atom. The molecule has 1 unspecified atom stereocenters. The second-order valence-corrected chi connectivity index (χ2v) is 13.8. The molecule has 0 bridgehead atoms. The zero-order valence-corrected chi connectivity index (χ0v) is 24.0. The molecule has 0 saturated carbocycles. The largest absolute Gasteiger partial charge is 0.494 e. The molecule has 1 aliphatic carbocycles. The van der Waals surface area contributed by atoms with Crippen LogP contribution < -0.4 is 9.47 Å². The molecule has 0 amide bonds. The number of pyridine rings is 1. The van der Waals surface area contributed by atoms with Gasteiger partial charge in [0.15, 0.2) is 0 Å². The SMILES string of the molecule is Cc1cc(OCCCS(C)(=O)=O)cc(C)c1-c1cccc2c1CCC2Oc1cc2c(cn1)[C@H](CC(=O)O)CS2. The summed E-state index contributed by atoms with van der Waals surface area (Å²) >= 11 is 1.67. The van der Waals surface area contributed by atoms with Gasteiger partial charge in [0.1, 0.15) is 21.7 Å². The fraction of sp³-hybridized carbons (Fsp3) is 0.400. The summed E-state index contributed by atoms with van der Waals surface area (Å²) in [5, 5.41) is 9.18. The number of hydrogen-bond donors (Lipinski definition) is 1. The van der Waals surface area contributed by atoms with Crippen LogP contribution in [0.3, 0.4) is 0 Å². The van der Waals surface area contributed by atoms with Gasteiger partial charge in [-0.15, -0.1) is 11.8 Å². The topological polar surface area (TPSA) is 103 Å². The van der Waals surface area contributed by atoms with E-state index in [0.717, 1.165) is 45.9 Å². The Bertz CT molecular complexity index is 1490. The third-order valence-electron chi connectivity index (χ3n) is 7.35. The van der Waals surface area contributed by atoms with Crippen LogP contribution in [0.5, 0.6) is 11.6 Å². The van der Waals surface area contributed by atoms with E-state index in [0.29, 0.717) is 18.9 Å². The molecular formula is C30H33NO6S2. The van der Waals surface area contributed by atoms with Crippen molar-refractivity contribution >= 4 is 27.6 Å². The second kappa shape index (κ2) is 11.2.